The molecule has 0 saturated carbocycles. The fourth-order valence-electron chi connectivity index (χ4n) is 1.17. The van der Waals surface area contributed by atoms with Crippen molar-refractivity contribution in [1.82, 2.24) is 20.0 Å². The van der Waals surface area contributed by atoms with Crippen LogP contribution in [0.25, 0.3) is 5.69 Å². The Labute approximate surface area is 80.4 Å². The SMILES string of the molecule is Cc1ncccc1-n1cc(C=O)nn1. The van der Waals surface area contributed by atoms with Crippen molar-refractivity contribution in [2.75, 3.05) is 0 Å². The molecular formula is C9H8N4O. The molecule has 0 aliphatic rings. The van der Waals surface area contributed by atoms with Crippen LogP contribution in [0.15, 0.2) is 24.5 Å². The fourth-order valence-corrected chi connectivity index (χ4v) is 1.17. The van der Waals surface area contributed by atoms with Gasteiger partial charge in [0.15, 0.2) is 6.29 Å². The molecule has 14 heavy (non-hydrogen) atoms. The summed E-state index contributed by atoms with van der Waals surface area (Å²) in [6.45, 7) is 1.87. The monoisotopic (exact) mass is 188 g/mol. The van der Waals surface area contributed by atoms with E-state index in [-0.39, 0.29) is 0 Å². The van der Waals surface area contributed by atoms with Gasteiger partial charge in [0.1, 0.15) is 5.69 Å². The summed E-state index contributed by atoms with van der Waals surface area (Å²) in [5.74, 6) is 0. The van der Waals surface area contributed by atoms with Gasteiger partial charge >= 0.3 is 0 Å². The first-order valence-corrected chi connectivity index (χ1v) is 4.11. The van der Waals surface area contributed by atoms with E-state index in [0.717, 1.165) is 11.4 Å². The van der Waals surface area contributed by atoms with Gasteiger partial charge in [0, 0.05) is 6.20 Å². The summed E-state index contributed by atoms with van der Waals surface area (Å²) in [5.41, 5.74) is 1.98. The minimum absolute atomic E-state index is 0.313. The highest BCUT2D eigenvalue weighted by molar-refractivity contribution is 5.70. The minimum Gasteiger partial charge on any atom is -0.296 e. The van der Waals surface area contributed by atoms with Crippen LogP contribution in [-0.2, 0) is 0 Å². The molecule has 0 aliphatic heterocycles. The van der Waals surface area contributed by atoms with E-state index in [4.69, 9.17) is 0 Å². The van der Waals surface area contributed by atoms with Crippen molar-refractivity contribution in [2.24, 2.45) is 0 Å². The van der Waals surface area contributed by atoms with Crippen LogP contribution in [0, 0.1) is 6.92 Å². The van der Waals surface area contributed by atoms with Crippen LogP contribution in [0.5, 0.6) is 0 Å². The average molecular weight is 188 g/mol. The molecule has 0 saturated heterocycles. The number of carbonyl (C=O) groups excluding carboxylic acids is 1. The average Bonchev–Trinajstić information content (AvgIpc) is 2.67. The largest absolute Gasteiger partial charge is 0.296 e. The predicted octanol–water partition coefficient (Wildman–Crippen LogP) is 0.783. The lowest BCUT2D eigenvalue weighted by Crippen LogP contribution is -1.98. The van der Waals surface area contributed by atoms with Gasteiger partial charge in [-0.15, -0.1) is 5.10 Å². The molecule has 5 nitrogen and oxygen atoms in total. The highest BCUT2D eigenvalue weighted by Gasteiger charge is 2.03. The molecule has 0 atom stereocenters. The van der Waals surface area contributed by atoms with Crippen molar-refractivity contribution < 1.29 is 4.79 Å². The van der Waals surface area contributed by atoms with E-state index < -0.39 is 0 Å². The molecular weight excluding hydrogens is 180 g/mol. The van der Waals surface area contributed by atoms with Gasteiger partial charge in [-0.1, -0.05) is 5.21 Å². The molecule has 2 rings (SSSR count). The second-order valence-corrected chi connectivity index (χ2v) is 2.81. The first-order chi connectivity index (χ1) is 6.81. The minimum atomic E-state index is 0.313. The van der Waals surface area contributed by atoms with Crippen molar-refractivity contribution in [2.45, 2.75) is 6.92 Å². The van der Waals surface area contributed by atoms with Crippen LogP contribution in [0.4, 0.5) is 0 Å². The molecule has 70 valence electrons. The van der Waals surface area contributed by atoms with Crippen LogP contribution < -0.4 is 0 Å². The molecule has 5 heteroatoms. The third-order valence-corrected chi connectivity index (χ3v) is 1.86. The number of rotatable bonds is 2. The van der Waals surface area contributed by atoms with Gasteiger partial charge in [-0.05, 0) is 19.1 Å². The zero-order valence-corrected chi connectivity index (χ0v) is 7.58. The molecule has 0 unspecified atom stereocenters. The summed E-state index contributed by atoms with van der Waals surface area (Å²) < 4.78 is 1.53. The van der Waals surface area contributed by atoms with Gasteiger partial charge in [-0.2, -0.15) is 0 Å². The molecule has 0 fully saturated rings. The number of aromatic nitrogens is 4. The third-order valence-electron chi connectivity index (χ3n) is 1.86. The van der Waals surface area contributed by atoms with E-state index in [2.05, 4.69) is 15.3 Å². The Morgan fingerprint density at radius 2 is 2.36 bits per heavy atom. The van der Waals surface area contributed by atoms with Crippen LogP contribution in [-0.4, -0.2) is 26.3 Å². The van der Waals surface area contributed by atoms with Gasteiger partial charge in [-0.3, -0.25) is 9.78 Å². The Morgan fingerprint density at radius 3 is 3.00 bits per heavy atom. The standard InChI is InChI=1S/C9H8N4O/c1-7-9(3-2-4-10-7)13-5-8(6-14)11-12-13/h2-6H,1H3. The fraction of sp³-hybridized carbons (Fsp3) is 0.111. The van der Waals surface area contributed by atoms with E-state index >= 15 is 0 Å². The number of carbonyl (C=O) groups is 1. The first kappa shape index (κ1) is 8.55. The van der Waals surface area contributed by atoms with Crippen LogP contribution >= 0.6 is 0 Å². The molecule has 0 N–H and O–H groups in total. The summed E-state index contributed by atoms with van der Waals surface area (Å²) in [6, 6.07) is 3.68. The predicted molar refractivity (Wildman–Crippen MR) is 49.3 cm³/mol. The summed E-state index contributed by atoms with van der Waals surface area (Å²) >= 11 is 0. The zero-order chi connectivity index (χ0) is 9.97. The maximum atomic E-state index is 10.4. The van der Waals surface area contributed by atoms with E-state index in [1.807, 2.05) is 19.1 Å². The number of nitrogens with zero attached hydrogens (tertiary/aromatic N) is 4. The molecule has 0 amide bonds. The highest BCUT2D eigenvalue weighted by Crippen LogP contribution is 2.08. The summed E-state index contributed by atoms with van der Waals surface area (Å²) in [5, 5.41) is 7.48. The van der Waals surface area contributed by atoms with Gasteiger partial charge in [-0.25, -0.2) is 4.68 Å². The number of pyridine rings is 1. The van der Waals surface area contributed by atoms with Gasteiger partial charge in [0.25, 0.3) is 0 Å². The third kappa shape index (κ3) is 1.39. The van der Waals surface area contributed by atoms with Crippen LogP contribution in [0.1, 0.15) is 16.2 Å². The van der Waals surface area contributed by atoms with E-state index in [0.29, 0.717) is 12.0 Å². The molecule has 2 aromatic rings. The van der Waals surface area contributed by atoms with Gasteiger partial charge in [0.2, 0.25) is 0 Å². The lowest BCUT2D eigenvalue weighted by molar-refractivity contribution is 0.111. The molecule has 0 aliphatic carbocycles. The van der Waals surface area contributed by atoms with Crippen LogP contribution in [0.2, 0.25) is 0 Å². The van der Waals surface area contributed by atoms with Crippen LogP contribution in [0.3, 0.4) is 0 Å². The first-order valence-electron chi connectivity index (χ1n) is 4.11. The zero-order valence-electron chi connectivity index (χ0n) is 7.58. The number of aryl methyl sites for hydroxylation is 1. The van der Waals surface area contributed by atoms with Crippen molar-refractivity contribution in [3.63, 3.8) is 0 Å². The maximum Gasteiger partial charge on any atom is 0.171 e. The Hall–Kier alpha value is -2.04. The number of hydrogen-bond donors (Lipinski definition) is 0. The van der Waals surface area contributed by atoms with E-state index in [1.54, 1.807) is 12.4 Å². The maximum absolute atomic E-state index is 10.4. The van der Waals surface area contributed by atoms with Crippen molar-refractivity contribution in [1.29, 1.82) is 0 Å². The molecule has 0 aromatic carbocycles. The number of hydrogen-bond acceptors (Lipinski definition) is 4. The lowest BCUT2D eigenvalue weighted by atomic mass is 10.3. The Bertz CT molecular complexity index is 463. The van der Waals surface area contributed by atoms with E-state index in [1.165, 1.54) is 4.68 Å². The molecule has 2 aromatic heterocycles. The second-order valence-electron chi connectivity index (χ2n) is 2.81. The lowest BCUT2D eigenvalue weighted by Gasteiger charge is -2.01. The van der Waals surface area contributed by atoms with E-state index in [9.17, 15) is 4.79 Å². The van der Waals surface area contributed by atoms with Crippen molar-refractivity contribution in [3.8, 4) is 5.69 Å². The number of aldehydes is 1. The summed E-state index contributed by atoms with van der Waals surface area (Å²) in [6.07, 6.45) is 3.93. The second kappa shape index (κ2) is 3.37. The van der Waals surface area contributed by atoms with Crippen molar-refractivity contribution in [3.05, 3.63) is 35.9 Å². The molecule has 0 bridgehead atoms. The normalized spacial score (nSPS) is 10.1. The Kier molecular flexibility index (Phi) is 2.06. The quantitative estimate of drug-likeness (QED) is 0.653. The molecule has 0 spiro atoms. The smallest absolute Gasteiger partial charge is 0.171 e. The summed E-state index contributed by atoms with van der Waals surface area (Å²) in [7, 11) is 0. The topological polar surface area (TPSA) is 60.7 Å². The highest BCUT2D eigenvalue weighted by atomic mass is 16.1. The Morgan fingerprint density at radius 1 is 1.50 bits per heavy atom. The molecule has 0 radical (unpaired) electrons. The summed E-state index contributed by atoms with van der Waals surface area (Å²) in [4.78, 5) is 14.5. The molecule has 2 heterocycles. The van der Waals surface area contributed by atoms with Crippen molar-refractivity contribution >= 4 is 6.29 Å². The van der Waals surface area contributed by atoms with Gasteiger partial charge < -0.3 is 0 Å². The Balaban J connectivity index is 2.49. The van der Waals surface area contributed by atoms with Gasteiger partial charge in [0.05, 0.1) is 17.6 Å².